The fourth-order valence-electron chi connectivity index (χ4n) is 0.646. The molecule has 0 aliphatic rings. The maximum Gasteiger partial charge on any atom is 0.175 e. The lowest BCUT2D eigenvalue weighted by atomic mass is 10.3. The van der Waals surface area contributed by atoms with Crippen LogP contribution in [-0.2, 0) is 0 Å². The summed E-state index contributed by atoms with van der Waals surface area (Å²) < 4.78 is 28.3. The van der Waals surface area contributed by atoms with Crippen molar-refractivity contribution < 1.29 is 8.78 Å². The maximum absolute atomic E-state index is 12.8. The second-order valence-electron chi connectivity index (χ2n) is 1.90. The minimum absolute atomic E-state index is 0.117. The summed E-state index contributed by atoms with van der Waals surface area (Å²) in [7, 11) is 1.28. The molecule has 0 atom stereocenters. The third-order valence-corrected chi connectivity index (χ3v) is 2.92. The van der Waals surface area contributed by atoms with Crippen LogP contribution in [0.15, 0.2) is 16.6 Å². The van der Waals surface area contributed by atoms with Gasteiger partial charge in [0.1, 0.15) is 0 Å². The minimum atomic E-state index is -0.870. The van der Waals surface area contributed by atoms with Crippen LogP contribution in [0.5, 0.6) is 0 Å². The summed E-state index contributed by atoms with van der Waals surface area (Å²) in [5.74, 6) is -1.73. The quantitative estimate of drug-likeness (QED) is 0.480. The molecule has 0 spiro atoms. The molecule has 0 amide bonds. The second kappa shape index (κ2) is 4.61. The van der Waals surface area contributed by atoms with Crippen LogP contribution < -0.4 is 4.72 Å². The zero-order valence-electron chi connectivity index (χ0n) is 5.57. The highest BCUT2D eigenvalue weighted by Gasteiger charge is 2.09. The van der Waals surface area contributed by atoms with Crippen LogP contribution in [0.1, 0.15) is 0 Å². The summed E-state index contributed by atoms with van der Waals surface area (Å²) in [6, 6.07) is 2.55. The van der Waals surface area contributed by atoms with E-state index in [1.165, 1.54) is 15.2 Å². The van der Waals surface area contributed by atoms with E-state index in [9.17, 15) is 8.78 Å². The largest absolute Gasteiger partial charge is 0.320 e. The fourth-order valence-corrected chi connectivity index (χ4v) is 2.16. The van der Waals surface area contributed by atoms with Crippen LogP contribution in [0.25, 0.3) is 0 Å². The number of anilines is 1. The number of rotatable bonds is 2. The smallest absolute Gasteiger partial charge is 0.175 e. The molecule has 0 aliphatic carbocycles. The molecule has 1 N–H and O–H groups in total. The van der Waals surface area contributed by atoms with E-state index < -0.39 is 11.6 Å². The Labute approximate surface area is 93.1 Å². The standard InChI is InChI=1S/C6H3BrF2INS/c7-5-4(11-12-10)2-1-3(8)6(5)9/h1-2,11H. The van der Waals surface area contributed by atoms with Gasteiger partial charge in [0.25, 0.3) is 0 Å². The van der Waals surface area contributed by atoms with Crippen LogP contribution in [0.4, 0.5) is 14.5 Å². The topological polar surface area (TPSA) is 12.0 Å². The van der Waals surface area contributed by atoms with Gasteiger partial charge in [-0.1, -0.05) is 0 Å². The third kappa shape index (κ3) is 2.23. The molecule has 0 heterocycles. The number of hydrogen-bond acceptors (Lipinski definition) is 2. The lowest BCUT2D eigenvalue weighted by Gasteiger charge is -2.04. The van der Waals surface area contributed by atoms with E-state index in [0.717, 1.165) is 6.07 Å². The van der Waals surface area contributed by atoms with Gasteiger partial charge in [-0.2, -0.15) is 0 Å². The molecule has 1 rings (SSSR count). The van der Waals surface area contributed by atoms with Crippen LogP contribution in [0.2, 0.25) is 0 Å². The Morgan fingerprint density at radius 2 is 2.08 bits per heavy atom. The fraction of sp³-hybridized carbons (Fsp3) is 0. The monoisotopic (exact) mass is 365 g/mol. The number of benzene rings is 1. The Kier molecular flexibility index (Phi) is 4.04. The highest BCUT2D eigenvalue weighted by molar-refractivity contribution is 14.2. The molecule has 66 valence electrons. The summed E-state index contributed by atoms with van der Waals surface area (Å²) in [6.45, 7) is 0. The zero-order valence-corrected chi connectivity index (χ0v) is 10.1. The van der Waals surface area contributed by atoms with Gasteiger partial charge in [-0.15, -0.1) is 0 Å². The van der Waals surface area contributed by atoms with Gasteiger partial charge in [0.05, 0.1) is 10.2 Å². The first-order valence-electron chi connectivity index (χ1n) is 2.84. The zero-order chi connectivity index (χ0) is 9.14. The molecular formula is C6H3BrF2INS. The molecule has 0 unspecified atom stereocenters. The van der Waals surface area contributed by atoms with E-state index >= 15 is 0 Å². The lowest BCUT2D eigenvalue weighted by molar-refractivity contribution is 0.505. The first-order chi connectivity index (χ1) is 5.66. The average Bonchev–Trinajstić information content (AvgIpc) is 2.07. The summed E-state index contributed by atoms with van der Waals surface area (Å²) >= 11 is 4.93. The van der Waals surface area contributed by atoms with Gasteiger partial charge < -0.3 is 4.72 Å². The summed E-state index contributed by atoms with van der Waals surface area (Å²) in [4.78, 5) is 0. The van der Waals surface area contributed by atoms with Crippen LogP contribution in [-0.4, -0.2) is 0 Å². The van der Waals surface area contributed by atoms with Crippen molar-refractivity contribution in [1.82, 2.24) is 0 Å². The van der Waals surface area contributed by atoms with Crippen molar-refractivity contribution in [1.29, 1.82) is 0 Å². The first-order valence-corrected chi connectivity index (χ1v) is 6.99. The van der Waals surface area contributed by atoms with Gasteiger partial charge in [0.15, 0.2) is 11.6 Å². The second-order valence-corrected chi connectivity index (χ2v) is 4.37. The molecule has 0 saturated carbocycles. The van der Waals surface area contributed by atoms with Gasteiger partial charge in [-0.25, -0.2) is 8.78 Å². The first kappa shape index (κ1) is 10.5. The highest BCUT2D eigenvalue weighted by Crippen LogP contribution is 2.30. The van der Waals surface area contributed by atoms with Crippen molar-refractivity contribution in [2.24, 2.45) is 0 Å². The molecule has 12 heavy (non-hydrogen) atoms. The van der Waals surface area contributed by atoms with Gasteiger partial charge in [0, 0.05) is 30.3 Å². The molecule has 0 radical (unpaired) electrons. The van der Waals surface area contributed by atoms with Gasteiger partial charge in [-0.05, 0) is 28.1 Å². The molecule has 1 aromatic rings. The minimum Gasteiger partial charge on any atom is -0.320 e. The van der Waals surface area contributed by atoms with Crippen LogP contribution >= 0.6 is 46.3 Å². The summed E-state index contributed by atoms with van der Waals surface area (Å²) in [5.41, 5.74) is 0.522. The summed E-state index contributed by atoms with van der Waals surface area (Å²) in [5, 5.41) is 0. The van der Waals surface area contributed by atoms with Crippen molar-refractivity contribution in [2.45, 2.75) is 0 Å². The van der Waals surface area contributed by atoms with Crippen molar-refractivity contribution in [3.05, 3.63) is 28.2 Å². The Hall–Kier alpha value is 0.440. The molecule has 0 aliphatic heterocycles. The maximum atomic E-state index is 12.8. The number of halogens is 4. The Balaban J connectivity index is 3.08. The number of hydrogen-bond donors (Lipinski definition) is 1. The molecule has 1 nitrogen and oxygen atoms in total. The van der Waals surface area contributed by atoms with Crippen LogP contribution in [0.3, 0.4) is 0 Å². The van der Waals surface area contributed by atoms with Crippen molar-refractivity contribution >= 4 is 51.9 Å². The normalized spacial score (nSPS) is 10.0. The van der Waals surface area contributed by atoms with E-state index in [1.807, 2.05) is 21.2 Å². The highest BCUT2D eigenvalue weighted by atomic mass is 127. The molecule has 0 saturated heterocycles. The van der Waals surface area contributed by atoms with E-state index in [4.69, 9.17) is 0 Å². The van der Waals surface area contributed by atoms with Gasteiger partial charge in [0.2, 0.25) is 0 Å². The van der Waals surface area contributed by atoms with Crippen molar-refractivity contribution in [2.75, 3.05) is 4.72 Å². The third-order valence-electron chi connectivity index (χ3n) is 1.18. The Morgan fingerprint density at radius 3 is 2.67 bits per heavy atom. The lowest BCUT2D eigenvalue weighted by Crippen LogP contribution is -1.90. The SMILES string of the molecule is Fc1ccc(NSI)c(Br)c1F. The number of nitrogens with one attached hydrogen (secondary N) is 1. The molecule has 0 fully saturated rings. The molecule has 0 bridgehead atoms. The summed E-state index contributed by atoms with van der Waals surface area (Å²) in [6.07, 6.45) is 0. The van der Waals surface area contributed by atoms with E-state index in [1.54, 1.807) is 0 Å². The molecular weight excluding hydrogens is 363 g/mol. The van der Waals surface area contributed by atoms with E-state index in [0.29, 0.717) is 5.69 Å². The molecule has 0 aromatic heterocycles. The molecule has 6 heteroatoms. The van der Waals surface area contributed by atoms with Crippen LogP contribution in [0, 0.1) is 11.6 Å². The molecule has 1 aromatic carbocycles. The average molecular weight is 366 g/mol. The van der Waals surface area contributed by atoms with E-state index in [2.05, 4.69) is 20.7 Å². The predicted octanol–water partition coefficient (Wildman–Crippen LogP) is 4.14. The van der Waals surface area contributed by atoms with Crippen molar-refractivity contribution in [3.8, 4) is 0 Å². The predicted molar refractivity (Wildman–Crippen MR) is 59.3 cm³/mol. The van der Waals surface area contributed by atoms with Gasteiger partial charge in [-0.3, -0.25) is 0 Å². The van der Waals surface area contributed by atoms with E-state index in [-0.39, 0.29) is 4.47 Å². The Bertz CT molecular complexity index is 297. The Morgan fingerprint density at radius 1 is 1.42 bits per heavy atom. The van der Waals surface area contributed by atoms with Gasteiger partial charge >= 0.3 is 0 Å². The van der Waals surface area contributed by atoms with Crippen molar-refractivity contribution in [3.63, 3.8) is 0 Å².